The van der Waals surface area contributed by atoms with Crippen LogP contribution in [-0.4, -0.2) is 36.4 Å². The zero-order chi connectivity index (χ0) is 13.7. The molecule has 1 amide bonds. The lowest BCUT2D eigenvalue weighted by molar-refractivity contribution is -0.128. The van der Waals surface area contributed by atoms with Gasteiger partial charge in [0.2, 0.25) is 5.91 Å². The molecule has 0 saturated carbocycles. The van der Waals surface area contributed by atoms with Gasteiger partial charge in [-0.1, -0.05) is 24.3 Å². The molecule has 2 rings (SSSR count). The van der Waals surface area contributed by atoms with E-state index < -0.39 is 0 Å². The number of hydrogen-bond acceptors (Lipinski definition) is 3. The zero-order valence-corrected chi connectivity index (χ0v) is 11.4. The standard InChI is InChI=1S/C15H19N3O/c1-18(2)15(19)9-10-16-11-13-8-7-12-5-3-4-6-14(12)17-13/h3-8,16H,9-11H2,1-2H3. The Morgan fingerprint density at radius 3 is 2.79 bits per heavy atom. The Hall–Kier alpha value is -1.94. The van der Waals surface area contributed by atoms with Crippen LogP contribution in [0, 0.1) is 0 Å². The number of amides is 1. The Balaban J connectivity index is 1.86. The minimum Gasteiger partial charge on any atom is -0.349 e. The predicted octanol–water partition coefficient (Wildman–Crippen LogP) is 1.80. The van der Waals surface area contributed by atoms with E-state index >= 15 is 0 Å². The molecule has 4 heteroatoms. The molecule has 0 fully saturated rings. The maximum absolute atomic E-state index is 11.4. The van der Waals surface area contributed by atoms with Crippen LogP contribution < -0.4 is 5.32 Å². The van der Waals surface area contributed by atoms with Gasteiger partial charge in [-0.15, -0.1) is 0 Å². The number of nitrogens with one attached hydrogen (secondary N) is 1. The van der Waals surface area contributed by atoms with E-state index in [0.29, 0.717) is 19.5 Å². The lowest BCUT2D eigenvalue weighted by atomic mass is 10.2. The smallest absolute Gasteiger partial charge is 0.223 e. The molecule has 0 atom stereocenters. The van der Waals surface area contributed by atoms with Crippen molar-refractivity contribution in [1.29, 1.82) is 0 Å². The van der Waals surface area contributed by atoms with Gasteiger partial charge in [0, 0.05) is 39.0 Å². The van der Waals surface area contributed by atoms with Gasteiger partial charge in [0.15, 0.2) is 0 Å². The summed E-state index contributed by atoms with van der Waals surface area (Å²) in [5, 5.41) is 4.39. The first-order valence-electron chi connectivity index (χ1n) is 6.42. The van der Waals surface area contributed by atoms with Crippen LogP contribution in [0.3, 0.4) is 0 Å². The Morgan fingerprint density at radius 1 is 1.21 bits per heavy atom. The summed E-state index contributed by atoms with van der Waals surface area (Å²) in [6, 6.07) is 12.1. The average Bonchev–Trinajstić information content (AvgIpc) is 2.43. The Bertz CT molecular complexity index is 566. The predicted molar refractivity (Wildman–Crippen MR) is 76.8 cm³/mol. The second-order valence-electron chi connectivity index (χ2n) is 4.71. The Kier molecular flexibility index (Phi) is 4.47. The van der Waals surface area contributed by atoms with Gasteiger partial charge in [0.1, 0.15) is 0 Å². The first-order chi connectivity index (χ1) is 9.16. The second kappa shape index (κ2) is 6.29. The van der Waals surface area contributed by atoms with E-state index in [4.69, 9.17) is 0 Å². The van der Waals surface area contributed by atoms with E-state index in [1.165, 1.54) is 0 Å². The quantitative estimate of drug-likeness (QED) is 0.831. The van der Waals surface area contributed by atoms with Crippen LogP contribution in [0.4, 0.5) is 0 Å². The van der Waals surface area contributed by atoms with Gasteiger partial charge in [-0.25, -0.2) is 0 Å². The third-order valence-electron chi connectivity index (χ3n) is 2.98. The number of carbonyl (C=O) groups excluding carboxylic acids is 1. The molecule has 0 aliphatic carbocycles. The van der Waals surface area contributed by atoms with Crippen molar-refractivity contribution >= 4 is 16.8 Å². The van der Waals surface area contributed by atoms with Gasteiger partial charge in [-0.2, -0.15) is 0 Å². The van der Waals surface area contributed by atoms with Crippen LogP contribution in [0.1, 0.15) is 12.1 Å². The third-order valence-corrected chi connectivity index (χ3v) is 2.98. The van der Waals surface area contributed by atoms with Crippen molar-refractivity contribution in [2.24, 2.45) is 0 Å². The highest BCUT2D eigenvalue weighted by atomic mass is 16.2. The molecule has 0 bridgehead atoms. The van der Waals surface area contributed by atoms with Crippen molar-refractivity contribution in [3.8, 4) is 0 Å². The van der Waals surface area contributed by atoms with Crippen LogP contribution in [0.25, 0.3) is 10.9 Å². The highest BCUT2D eigenvalue weighted by Gasteiger charge is 2.03. The Morgan fingerprint density at radius 2 is 2.00 bits per heavy atom. The fraction of sp³-hybridized carbons (Fsp3) is 0.333. The lowest BCUT2D eigenvalue weighted by Gasteiger charge is -2.10. The lowest BCUT2D eigenvalue weighted by Crippen LogP contribution is -2.26. The largest absolute Gasteiger partial charge is 0.349 e. The SMILES string of the molecule is CN(C)C(=O)CCNCc1ccc2ccccc2n1. The van der Waals surface area contributed by atoms with Gasteiger partial charge in [0.25, 0.3) is 0 Å². The summed E-state index contributed by atoms with van der Waals surface area (Å²) < 4.78 is 0. The average molecular weight is 257 g/mol. The second-order valence-corrected chi connectivity index (χ2v) is 4.71. The van der Waals surface area contributed by atoms with Crippen molar-refractivity contribution in [3.63, 3.8) is 0 Å². The number of hydrogen-bond donors (Lipinski definition) is 1. The molecule has 4 nitrogen and oxygen atoms in total. The minimum absolute atomic E-state index is 0.138. The van der Waals surface area contributed by atoms with Gasteiger partial charge in [-0.05, 0) is 12.1 Å². The normalized spacial score (nSPS) is 10.6. The van der Waals surface area contributed by atoms with Crippen LogP contribution >= 0.6 is 0 Å². The highest BCUT2D eigenvalue weighted by molar-refractivity contribution is 5.78. The van der Waals surface area contributed by atoms with Crippen LogP contribution in [0.2, 0.25) is 0 Å². The van der Waals surface area contributed by atoms with Gasteiger partial charge in [-0.3, -0.25) is 9.78 Å². The molecule has 19 heavy (non-hydrogen) atoms. The number of rotatable bonds is 5. The molecule has 1 N–H and O–H groups in total. The summed E-state index contributed by atoms with van der Waals surface area (Å²) in [5.41, 5.74) is 2.00. The summed E-state index contributed by atoms with van der Waals surface area (Å²) in [4.78, 5) is 17.6. The molecule has 0 aliphatic heterocycles. The molecule has 2 aromatic rings. The molecule has 1 heterocycles. The first-order valence-corrected chi connectivity index (χ1v) is 6.42. The van der Waals surface area contributed by atoms with Crippen LogP contribution in [-0.2, 0) is 11.3 Å². The fourth-order valence-corrected chi connectivity index (χ4v) is 1.84. The summed E-state index contributed by atoms with van der Waals surface area (Å²) >= 11 is 0. The first kappa shape index (κ1) is 13.5. The minimum atomic E-state index is 0.138. The molecule has 100 valence electrons. The Labute approximate surface area is 113 Å². The summed E-state index contributed by atoms with van der Waals surface area (Å²) in [6.07, 6.45) is 0.514. The number of fused-ring (bicyclic) bond motifs is 1. The maximum Gasteiger partial charge on any atom is 0.223 e. The van der Waals surface area contributed by atoms with E-state index in [-0.39, 0.29) is 5.91 Å². The van der Waals surface area contributed by atoms with E-state index in [1.54, 1.807) is 19.0 Å². The molecular formula is C15H19N3O. The summed E-state index contributed by atoms with van der Waals surface area (Å²) in [6.45, 7) is 1.36. The molecule has 0 radical (unpaired) electrons. The molecule has 1 aromatic heterocycles. The number of benzene rings is 1. The molecule has 1 aromatic carbocycles. The monoisotopic (exact) mass is 257 g/mol. The van der Waals surface area contributed by atoms with E-state index in [9.17, 15) is 4.79 Å². The van der Waals surface area contributed by atoms with Gasteiger partial charge in [0.05, 0.1) is 11.2 Å². The van der Waals surface area contributed by atoms with Crippen LogP contribution in [0.15, 0.2) is 36.4 Å². The van der Waals surface area contributed by atoms with Crippen molar-refractivity contribution in [1.82, 2.24) is 15.2 Å². The number of nitrogens with zero attached hydrogens (tertiary/aromatic N) is 2. The van der Waals surface area contributed by atoms with Crippen molar-refractivity contribution in [2.75, 3.05) is 20.6 Å². The van der Waals surface area contributed by atoms with E-state index in [1.807, 2.05) is 24.3 Å². The summed E-state index contributed by atoms with van der Waals surface area (Å²) in [5.74, 6) is 0.138. The number of carbonyl (C=O) groups is 1. The molecule has 0 unspecified atom stereocenters. The molecular weight excluding hydrogens is 238 g/mol. The van der Waals surface area contributed by atoms with Crippen molar-refractivity contribution < 1.29 is 4.79 Å². The maximum atomic E-state index is 11.4. The van der Waals surface area contributed by atoms with E-state index in [2.05, 4.69) is 22.4 Å². The van der Waals surface area contributed by atoms with Crippen molar-refractivity contribution in [2.45, 2.75) is 13.0 Å². The number of aromatic nitrogens is 1. The van der Waals surface area contributed by atoms with E-state index in [0.717, 1.165) is 16.6 Å². The van der Waals surface area contributed by atoms with Crippen LogP contribution in [0.5, 0.6) is 0 Å². The third kappa shape index (κ3) is 3.76. The molecule has 0 spiro atoms. The van der Waals surface area contributed by atoms with Crippen molar-refractivity contribution in [3.05, 3.63) is 42.1 Å². The fourth-order valence-electron chi connectivity index (χ4n) is 1.84. The summed E-state index contributed by atoms with van der Waals surface area (Å²) in [7, 11) is 3.54. The molecule has 0 saturated heterocycles. The number of pyridine rings is 1. The number of para-hydroxylation sites is 1. The highest BCUT2D eigenvalue weighted by Crippen LogP contribution is 2.11. The van der Waals surface area contributed by atoms with Gasteiger partial charge >= 0.3 is 0 Å². The van der Waals surface area contributed by atoms with Gasteiger partial charge < -0.3 is 10.2 Å². The molecule has 0 aliphatic rings. The zero-order valence-electron chi connectivity index (χ0n) is 11.4. The topological polar surface area (TPSA) is 45.2 Å².